The van der Waals surface area contributed by atoms with E-state index in [-0.39, 0.29) is 5.56 Å². The summed E-state index contributed by atoms with van der Waals surface area (Å²) in [7, 11) is 0. The summed E-state index contributed by atoms with van der Waals surface area (Å²) in [6.45, 7) is 1.52. The summed E-state index contributed by atoms with van der Waals surface area (Å²) in [5.74, 6) is -0.697. The van der Waals surface area contributed by atoms with Gasteiger partial charge < -0.3 is 0 Å². The molecule has 20 heavy (non-hydrogen) atoms. The van der Waals surface area contributed by atoms with E-state index in [1.165, 1.54) is 25.1 Å². The van der Waals surface area contributed by atoms with Gasteiger partial charge in [0.2, 0.25) is 0 Å². The number of aldehydes is 1. The smallest absolute Gasteiger partial charge is 0.298 e. The molecule has 0 amide bonds. The third kappa shape index (κ3) is 2.71. The van der Waals surface area contributed by atoms with Crippen LogP contribution in [-0.4, -0.2) is 6.29 Å². The van der Waals surface area contributed by atoms with Crippen molar-refractivity contribution in [3.63, 3.8) is 0 Å². The molecule has 0 aliphatic rings. The molecule has 1 nitrogen and oxygen atoms in total. The number of aryl methyl sites for hydroxylation is 1. The summed E-state index contributed by atoms with van der Waals surface area (Å²) in [4.78, 5) is 10.5. The van der Waals surface area contributed by atoms with E-state index < -0.39 is 17.6 Å². The molecule has 104 valence electrons. The first-order valence-corrected chi connectivity index (χ1v) is 5.76. The van der Waals surface area contributed by atoms with Gasteiger partial charge in [-0.25, -0.2) is 4.39 Å². The van der Waals surface area contributed by atoms with Crippen LogP contribution < -0.4 is 0 Å². The lowest BCUT2D eigenvalue weighted by atomic mass is 9.97. The van der Waals surface area contributed by atoms with Crippen molar-refractivity contribution in [3.8, 4) is 11.1 Å². The van der Waals surface area contributed by atoms with E-state index in [1.54, 1.807) is 0 Å². The number of hydrogen-bond acceptors (Lipinski definition) is 1. The predicted molar refractivity (Wildman–Crippen MR) is 67.0 cm³/mol. The van der Waals surface area contributed by atoms with E-state index in [4.69, 9.17) is 0 Å². The highest BCUT2D eigenvalue weighted by atomic mass is 19.4. The lowest BCUT2D eigenvalue weighted by Gasteiger charge is -2.11. The van der Waals surface area contributed by atoms with Crippen LogP contribution in [0.1, 0.15) is 21.5 Å². The van der Waals surface area contributed by atoms with E-state index >= 15 is 0 Å². The van der Waals surface area contributed by atoms with Crippen LogP contribution in [0.4, 0.5) is 17.6 Å². The highest BCUT2D eigenvalue weighted by Gasteiger charge is 2.30. The SMILES string of the molecule is Cc1cc(C(F)(F)F)ccc1-c1ccc(C=O)c(F)c1. The number of alkyl halides is 3. The normalized spacial score (nSPS) is 11.4. The van der Waals surface area contributed by atoms with Crippen LogP contribution in [0.3, 0.4) is 0 Å². The van der Waals surface area contributed by atoms with E-state index in [1.807, 2.05) is 0 Å². The van der Waals surface area contributed by atoms with Gasteiger partial charge >= 0.3 is 6.18 Å². The molecule has 0 bridgehead atoms. The van der Waals surface area contributed by atoms with Crippen molar-refractivity contribution < 1.29 is 22.4 Å². The first-order chi connectivity index (χ1) is 9.32. The molecule has 2 aromatic rings. The molecule has 5 heteroatoms. The molecule has 2 rings (SSSR count). The van der Waals surface area contributed by atoms with Crippen LogP contribution in [0.2, 0.25) is 0 Å². The molecule has 0 N–H and O–H groups in total. The molecule has 2 aromatic carbocycles. The minimum absolute atomic E-state index is 0.0849. The fourth-order valence-corrected chi connectivity index (χ4v) is 1.95. The Labute approximate surface area is 112 Å². The van der Waals surface area contributed by atoms with Crippen LogP contribution >= 0.6 is 0 Å². The number of carbonyl (C=O) groups excluding carboxylic acids is 1. The third-order valence-corrected chi connectivity index (χ3v) is 2.99. The standard InChI is InChI=1S/C15H10F4O/c1-9-6-12(15(17,18)19)4-5-13(9)10-2-3-11(8-20)14(16)7-10/h2-8H,1H3. The number of hydrogen-bond donors (Lipinski definition) is 0. The van der Waals surface area contributed by atoms with Crippen molar-refractivity contribution in [2.45, 2.75) is 13.1 Å². The summed E-state index contributed by atoms with van der Waals surface area (Å²) >= 11 is 0. The summed E-state index contributed by atoms with van der Waals surface area (Å²) in [5.41, 5.74) is 0.480. The van der Waals surface area contributed by atoms with Crippen molar-refractivity contribution in [1.82, 2.24) is 0 Å². The maximum absolute atomic E-state index is 13.5. The van der Waals surface area contributed by atoms with Gasteiger partial charge in [-0.2, -0.15) is 13.2 Å². The molecule has 0 saturated carbocycles. The highest BCUT2D eigenvalue weighted by Crippen LogP contribution is 2.33. The van der Waals surface area contributed by atoms with E-state index in [2.05, 4.69) is 0 Å². The maximum atomic E-state index is 13.5. The van der Waals surface area contributed by atoms with Crippen LogP contribution in [0, 0.1) is 12.7 Å². The molecule has 0 spiro atoms. The molecule has 0 saturated heterocycles. The van der Waals surface area contributed by atoms with Crippen LogP contribution in [0.25, 0.3) is 11.1 Å². The topological polar surface area (TPSA) is 17.1 Å². The summed E-state index contributed by atoms with van der Waals surface area (Å²) in [5, 5.41) is 0. The molecule has 0 aliphatic carbocycles. The minimum atomic E-state index is -4.41. The van der Waals surface area contributed by atoms with Gasteiger partial charge in [-0.15, -0.1) is 0 Å². The number of halogens is 4. The quantitative estimate of drug-likeness (QED) is 0.579. The van der Waals surface area contributed by atoms with Gasteiger partial charge in [-0.05, 0) is 47.9 Å². The van der Waals surface area contributed by atoms with Crippen LogP contribution in [0.15, 0.2) is 36.4 Å². The first kappa shape index (κ1) is 14.2. The number of benzene rings is 2. The zero-order chi connectivity index (χ0) is 14.9. The van der Waals surface area contributed by atoms with Crippen molar-refractivity contribution in [3.05, 3.63) is 58.9 Å². The largest absolute Gasteiger partial charge is 0.416 e. The molecule has 0 radical (unpaired) electrons. The van der Waals surface area contributed by atoms with Gasteiger partial charge in [0.25, 0.3) is 0 Å². The molecule has 0 aliphatic heterocycles. The minimum Gasteiger partial charge on any atom is -0.298 e. The lowest BCUT2D eigenvalue weighted by Crippen LogP contribution is -2.05. The Balaban J connectivity index is 2.49. The van der Waals surface area contributed by atoms with E-state index in [0.29, 0.717) is 23.0 Å². The predicted octanol–water partition coefficient (Wildman–Crippen LogP) is 4.63. The third-order valence-electron chi connectivity index (χ3n) is 2.99. The van der Waals surface area contributed by atoms with Crippen molar-refractivity contribution in [2.24, 2.45) is 0 Å². The van der Waals surface area contributed by atoms with Gasteiger partial charge in [0.1, 0.15) is 5.82 Å². The average Bonchev–Trinajstić information content (AvgIpc) is 2.37. The summed E-state index contributed by atoms with van der Waals surface area (Å²) < 4.78 is 51.2. The second-order valence-electron chi connectivity index (χ2n) is 4.38. The number of rotatable bonds is 2. The molecule has 0 heterocycles. The van der Waals surface area contributed by atoms with Gasteiger partial charge in [0.15, 0.2) is 6.29 Å². The van der Waals surface area contributed by atoms with E-state index in [9.17, 15) is 22.4 Å². The van der Waals surface area contributed by atoms with Crippen LogP contribution in [0.5, 0.6) is 0 Å². The second kappa shape index (κ2) is 5.07. The highest BCUT2D eigenvalue weighted by molar-refractivity contribution is 5.78. The van der Waals surface area contributed by atoms with Crippen molar-refractivity contribution >= 4 is 6.29 Å². The van der Waals surface area contributed by atoms with Gasteiger partial charge in [-0.1, -0.05) is 12.1 Å². The Hall–Kier alpha value is -2.17. The molecular weight excluding hydrogens is 272 g/mol. The van der Waals surface area contributed by atoms with Gasteiger partial charge in [-0.3, -0.25) is 4.79 Å². The Bertz CT molecular complexity index is 659. The average molecular weight is 282 g/mol. The Morgan fingerprint density at radius 1 is 1.05 bits per heavy atom. The zero-order valence-corrected chi connectivity index (χ0v) is 10.5. The Morgan fingerprint density at radius 2 is 1.75 bits per heavy atom. The second-order valence-corrected chi connectivity index (χ2v) is 4.38. The van der Waals surface area contributed by atoms with Crippen molar-refractivity contribution in [2.75, 3.05) is 0 Å². The molecule has 0 unspecified atom stereocenters. The van der Waals surface area contributed by atoms with E-state index in [0.717, 1.165) is 18.2 Å². The lowest BCUT2D eigenvalue weighted by molar-refractivity contribution is -0.137. The Morgan fingerprint density at radius 3 is 2.25 bits per heavy atom. The fourth-order valence-electron chi connectivity index (χ4n) is 1.95. The molecular formula is C15H10F4O. The summed E-state index contributed by atoms with van der Waals surface area (Å²) in [6.07, 6.45) is -4.02. The van der Waals surface area contributed by atoms with Crippen LogP contribution in [-0.2, 0) is 6.18 Å². The monoisotopic (exact) mass is 282 g/mol. The van der Waals surface area contributed by atoms with Gasteiger partial charge in [0, 0.05) is 0 Å². The number of carbonyl (C=O) groups is 1. The van der Waals surface area contributed by atoms with Crippen molar-refractivity contribution in [1.29, 1.82) is 0 Å². The summed E-state index contributed by atoms with van der Waals surface area (Å²) in [6, 6.07) is 7.21. The molecule has 0 aromatic heterocycles. The zero-order valence-electron chi connectivity index (χ0n) is 10.5. The van der Waals surface area contributed by atoms with Gasteiger partial charge in [0.05, 0.1) is 11.1 Å². The molecule has 0 fully saturated rings. The first-order valence-electron chi connectivity index (χ1n) is 5.76. The molecule has 0 atom stereocenters. The fraction of sp³-hybridized carbons (Fsp3) is 0.133. The maximum Gasteiger partial charge on any atom is 0.416 e. The Kier molecular flexibility index (Phi) is 3.61.